The molecule has 0 aliphatic carbocycles. The molecule has 2 aromatic heterocycles. The lowest BCUT2D eigenvalue weighted by Gasteiger charge is -2.15. The monoisotopic (exact) mass is 426 g/mol. The zero-order chi connectivity index (χ0) is 22.1. The quantitative estimate of drug-likeness (QED) is 0.453. The molecule has 1 saturated heterocycles. The Morgan fingerprint density at radius 3 is 2.69 bits per heavy atom. The van der Waals surface area contributed by atoms with Crippen LogP contribution in [0.5, 0.6) is 11.5 Å². The van der Waals surface area contributed by atoms with E-state index in [0.29, 0.717) is 36.5 Å². The number of likely N-dealkylation sites (tertiary alicyclic amines) is 1. The van der Waals surface area contributed by atoms with E-state index in [1.54, 1.807) is 26.4 Å². The van der Waals surface area contributed by atoms with Crippen molar-refractivity contribution in [2.45, 2.75) is 12.5 Å². The van der Waals surface area contributed by atoms with Crippen molar-refractivity contribution in [3.63, 3.8) is 0 Å². The molecular formula is C25H22N4O3. The number of imidazole rings is 1. The van der Waals surface area contributed by atoms with Gasteiger partial charge in [-0.2, -0.15) is 0 Å². The molecule has 1 fully saturated rings. The molecule has 7 heteroatoms. The first-order chi connectivity index (χ1) is 15.7. The number of hydrogen-bond acceptors (Lipinski definition) is 4. The van der Waals surface area contributed by atoms with Crippen LogP contribution < -0.4 is 10.4 Å². The number of para-hydroxylation sites is 1. The molecule has 0 N–H and O–H groups in total. The third-order valence-electron chi connectivity index (χ3n) is 5.75. The highest BCUT2D eigenvalue weighted by Gasteiger charge is 2.30. The Labute approximate surface area is 184 Å². The van der Waals surface area contributed by atoms with E-state index in [9.17, 15) is 9.59 Å². The fourth-order valence-electron chi connectivity index (χ4n) is 4.26. The second-order valence-electron chi connectivity index (χ2n) is 7.70. The van der Waals surface area contributed by atoms with Crippen LogP contribution in [0.25, 0.3) is 16.7 Å². The maximum atomic E-state index is 13.6. The lowest BCUT2D eigenvalue weighted by Crippen LogP contribution is -2.31. The van der Waals surface area contributed by atoms with E-state index >= 15 is 0 Å². The van der Waals surface area contributed by atoms with E-state index in [1.165, 1.54) is 6.08 Å². The average molecular weight is 426 g/mol. The molecule has 4 aromatic rings. The Kier molecular flexibility index (Phi) is 5.07. The minimum atomic E-state index is -0.164. The smallest absolute Gasteiger partial charge is 0.334 e. The number of hydrogen-bond donors (Lipinski definition) is 0. The van der Waals surface area contributed by atoms with Crippen LogP contribution >= 0.6 is 0 Å². The van der Waals surface area contributed by atoms with Gasteiger partial charge in [-0.1, -0.05) is 30.8 Å². The van der Waals surface area contributed by atoms with Gasteiger partial charge in [0.15, 0.2) is 0 Å². The molecule has 32 heavy (non-hydrogen) atoms. The molecule has 1 amide bonds. The van der Waals surface area contributed by atoms with Gasteiger partial charge in [0.05, 0.1) is 29.0 Å². The van der Waals surface area contributed by atoms with Crippen molar-refractivity contribution in [3.8, 4) is 17.2 Å². The van der Waals surface area contributed by atoms with Crippen LogP contribution in [0.2, 0.25) is 0 Å². The maximum Gasteiger partial charge on any atom is 0.334 e. The SMILES string of the molecule is C=CC(=O)N1CC[C@@H](n2c(=O)n(-c3cccc(Oc4ccccc4)c3)c3cnccc32)C1. The molecule has 0 saturated carbocycles. The summed E-state index contributed by atoms with van der Waals surface area (Å²) >= 11 is 0. The van der Waals surface area contributed by atoms with Crippen LogP contribution in [0.1, 0.15) is 12.5 Å². The van der Waals surface area contributed by atoms with Gasteiger partial charge in [-0.15, -0.1) is 0 Å². The van der Waals surface area contributed by atoms with Crippen LogP contribution in [0, 0.1) is 0 Å². The van der Waals surface area contributed by atoms with Crippen molar-refractivity contribution in [2.24, 2.45) is 0 Å². The van der Waals surface area contributed by atoms with Crippen LogP contribution in [-0.2, 0) is 4.79 Å². The number of rotatable bonds is 5. The first-order valence-electron chi connectivity index (χ1n) is 10.5. The Balaban J connectivity index is 1.57. The average Bonchev–Trinajstić information content (AvgIpc) is 3.41. The number of amides is 1. The second-order valence-corrected chi connectivity index (χ2v) is 7.70. The number of carbonyl (C=O) groups excluding carboxylic acids is 1. The number of aromatic nitrogens is 3. The van der Waals surface area contributed by atoms with Gasteiger partial charge < -0.3 is 9.64 Å². The van der Waals surface area contributed by atoms with Crippen molar-refractivity contribution in [1.29, 1.82) is 0 Å². The molecule has 0 spiro atoms. The molecule has 5 rings (SSSR count). The number of nitrogens with zero attached hydrogens (tertiary/aromatic N) is 4. The Bertz CT molecular complexity index is 1360. The molecule has 7 nitrogen and oxygen atoms in total. The van der Waals surface area contributed by atoms with Crippen molar-refractivity contribution >= 4 is 16.9 Å². The van der Waals surface area contributed by atoms with Gasteiger partial charge in [0.1, 0.15) is 11.5 Å². The zero-order valence-corrected chi connectivity index (χ0v) is 17.4. The van der Waals surface area contributed by atoms with Gasteiger partial charge in [-0.05, 0) is 42.8 Å². The van der Waals surface area contributed by atoms with E-state index in [2.05, 4.69) is 11.6 Å². The van der Waals surface area contributed by atoms with Crippen molar-refractivity contribution in [2.75, 3.05) is 13.1 Å². The molecule has 160 valence electrons. The van der Waals surface area contributed by atoms with E-state index in [4.69, 9.17) is 4.74 Å². The maximum absolute atomic E-state index is 13.6. The minimum Gasteiger partial charge on any atom is -0.457 e. The summed E-state index contributed by atoms with van der Waals surface area (Å²) in [4.78, 5) is 31.6. The fraction of sp³-hybridized carbons (Fsp3) is 0.160. The van der Waals surface area contributed by atoms with Crippen LogP contribution in [-0.4, -0.2) is 38.0 Å². The topological polar surface area (TPSA) is 69.4 Å². The largest absolute Gasteiger partial charge is 0.457 e. The Morgan fingerprint density at radius 2 is 1.88 bits per heavy atom. The lowest BCUT2D eigenvalue weighted by atomic mass is 10.2. The molecule has 3 heterocycles. The van der Waals surface area contributed by atoms with Gasteiger partial charge in [-0.3, -0.25) is 18.9 Å². The third-order valence-corrected chi connectivity index (χ3v) is 5.75. The first-order valence-corrected chi connectivity index (χ1v) is 10.5. The molecular weight excluding hydrogens is 404 g/mol. The molecule has 1 atom stereocenters. The van der Waals surface area contributed by atoms with E-state index < -0.39 is 0 Å². The highest BCUT2D eigenvalue weighted by atomic mass is 16.5. The number of carbonyl (C=O) groups is 1. The van der Waals surface area contributed by atoms with Gasteiger partial charge in [0, 0.05) is 25.4 Å². The van der Waals surface area contributed by atoms with Gasteiger partial charge in [-0.25, -0.2) is 4.79 Å². The van der Waals surface area contributed by atoms with Gasteiger partial charge in [0.2, 0.25) is 5.91 Å². The van der Waals surface area contributed by atoms with E-state index in [1.807, 2.05) is 60.7 Å². The third kappa shape index (κ3) is 3.47. The fourth-order valence-corrected chi connectivity index (χ4v) is 4.26. The summed E-state index contributed by atoms with van der Waals surface area (Å²) in [5.41, 5.74) is 2.03. The van der Waals surface area contributed by atoms with Crippen molar-refractivity contribution in [1.82, 2.24) is 19.0 Å². The van der Waals surface area contributed by atoms with E-state index in [0.717, 1.165) is 11.3 Å². The number of fused-ring (bicyclic) bond motifs is 1. The summed E-state index contributed by atoms with van der Waals surface area (Å²) in [6.45, 7) is 4.64. The van der Waals surface area contributed by atoms with Crippen LogP contribution in [0.4, 0.5) is 0 Å². The molecule has 1 aliphatic rings. The first kappa shape index (κ1) is 19.8. The number of pyridine rings is 1. The Hall–Kier alpha value is -4.13. The lowest BCUT2D eigenvalue weighted by molar-refractivity contribution is -0.125. The predicted octanol–water partition coefficient (Wildman–Crippen LogP) is 3.94. The summed E-state index contributed by atoms with van der Waals surface area (Å²) < 4.78 is 9.39. The molecule has 2 aromatic carbocycles. The summed E-state index contributed by atoms with van der Waals surface area (Å²) in [6, 6.07) is 18.7. The summed E-state index contributed by atoms with van der Waals surface area (Å²) in [7, 11) is 0. The molecule has 1 aliphatic heterocycles. The minimum absolute atomic E-state index is 0.110. The van der Waals surface area contributed by atoms with Crippen molar-refractivity contribution in [3.05, 3.63) is 96.2 Å². The van der Waals surface area contributed by atoms with E-state index in [-0.39, 0.29) is 17.6 Å². The second kappa shape index (κ2) is 8.19. The number of benzene rings is 2. The predicted molar refractivity (Wildman–Crippen MR) is 122 cm³/mol. The molecule has 0 unspecified atom stereocenters. The summed E-state index contributed by atoms with van der Waals surface area (Å²) in [5.74, 6) is 1.24. The molecule has 0 bridgehead atoms. The van der Waals surface area contributed by atoms with Crippen LogP contribution in [0.15, 0.2) is 90.5 Å². The highest BCUT2D eigenvalue weighted by Crippen LogP contribution is 2.28. The normalized spacial score (nSPS) is 15.8. The highest BCUT2D eigenvalue weighted by molar-refractivity contribution is 5.87. The van der Waals surface area contributed by atoms with Gasteiger partial charge >= 0.3 is 5.69 Å². The van der Waals surface area contributed by atoms with Gasteiger partial charge in [0.25, 0.3) is 0 Å². The Morgan fingerprint density at radius 1 is 1.06 bits per heavy atom. The van der Waals surface area contributed by atoms with Crippen molar-refractivity contribution < 1.29 is 9.53 Å². The number of ether oxygens (including phenoxy) is 1. The molecule has 0 radical (unpaired) electrons. The zero-order valence-electron chi connectivity index (χ0n) is 17.4. The summed E-state index contributed by atoms with van der Waals surface area (Å²) in [6.07, 6.45) is 5.40. The van der Waals surface area contributed by atoms with Crippen LogP contribution in [0.3, 0.4) is 0 Å². The summed E-state index contributed by atoms with van der Waals surface area (Å²) in [5, 5.41) is 0. The standard InChI is InChI=1S/C25H22N4O3/c1-2-24(30)27-14-12-19(17-27)29-22-11-13-26-16-23(22)28(25(29)31)18-7-6-10-21(15-18)32-20-8-4-3-5-9-20/h2-11,13,15-16,19H,1,12,14,17H2/t19-/m1/s1.